The normalized spacial score (nSPS) is 12.0. The molecule has 0 heterocycles. The zero-order chi connectivity index (χ0) is 27.5. The Hall–Kier alpha value is -3.24. The highest BCUT2D eigenvalue weighted by Gasteiger charge is 2.22. The summed E-state index contributed by atoms with van der Waals surface area (Å²) in [6.45, 7) is 4.00. The number of nitrogens with zero attached hydrogens (tertiary/aromatic N) is 4. The van der Waals surface area contributed by atoms with Crippen LogP contribution in [0.3, 0.4) is 0 Å². The molecule has 4 rings (SSSR count). The van der Waals surface area contributed by atoms with Crippen LogP contribution in [-0.4, -0.2) is 64.8 Å². The van der Waals surface area contributed by atoms with E-state index in [1.54, 1.807) is 52.3 Å². The summed E-state index contributed by atoms with van der Waals surface area (Å²) in [6.07, 6.45) is 0. The molecule has 8 nitrogen and oxygen atoms in total. The molecule has 4 radical (unpaired) electrons. The maximum absolute atomic E-state index is 12.4. The smallest absolute Gasteiger partial charge is 0.297 e. The van der Waals surface area contributed by atoms with Gasteiger partial charge in [0.1, 0.15) is 16.3 Å². The first kappa shape index (κ1) is 28.3. The molecule has 0 spiro atoms. The van der Waals surface area contributed by atoms with E-state index in [2.05, 4.69) is 10.2 Å². The molecule has 0 atom stereocenters. The summed E-state index contributed by atoms with van der Waals surface area (Å²) in [5.41, 5.74) is 2.49. The van der Waals surface area contributed by atoms with E-state index in [-0.39, 0.29) is 22.0 Å². The molecule has 2 N–H and O–H groups in total. The molecule has 4 aromatic rings. The molecular weight excluding hydrogens is 486 g/mol. The molecule has 0 unspecified atom stereocenters. The average molecular weight is 514 g/mol. The van der Waals surface area contributed by atoms with Crippen molar-refractivity contribution in [2.45, 2.75) is 25.3 Å². The second-order valence-electron chi connectivity index (χ2n) is 9.10. The summed E-state index contributed by atoms with van der Waals surface area (Å²) in [5, 5.41) is 21.4. The summed E-state index contributed by atoms with van der Waals surface area (Å²) in [4.78, 5) is 2.64. The molecule has 0 aliphatic carbocycles. The van der Waals surface area contributed by atoms with Crippen LogP contribution in [0.4, 0.5) is 11.4 Å². The van der Waals surface area contributed by atoms with Crippen molar-refractivity contribution in [3.05, 3.63) is 71.3 Å². The minimum atomic E-state index is -4.64. The van der Waals surface area contributed by atoms with Crippen molar-refractivity contribution in [2.24, 2.45) is 10.2 Å². The number of rotatable bonds is 5. The van der Waals surface area contributed by atoms with Crippen molar-refractivity contribution < 1.29 is 18.1 Å². The summed E-state index contributed by atoms with van der Waals surface area (Å²) in [5.74, 6) is -0.0485. The largest absolute Gasteiger partial charge is 0.505 e. The van der Waals surface area contributed by atoms with E-state index in [0.29, 0.717) is 28.3 Å². The Kier molecular flexibility index (Phi) is 8.76. The topological polar surface area (TPSA) is 106 Å². The summed E-state index contributed by atoms with van der Waals surface area (Å²) in [6, 6.07) is 16.0. The molecule has 0 aliphatic heterocycles. The van der Waals surface area contributed by atoms with Crippen molar-refractivity contribution in [1.29, 1.82) is 0 Å². The lowest BCUT2D eigenvalue weighted by molar-refractivity contribution is 0.482. The number of hydrogen-bond acceptors (Lipinski definition) is 7. The third kappa shape index (κ3) is 6.75. The summed E-state index contributed by atoms with van der Waals surface area (Å²) >= 11 is 0. The van der Waals surface area contributed by atoms with E-state index in [1.807, 2.05) is 31.2 Å². The number of fused-ring (bicyclic) bond motifs is 2. The molecule has 0 aliphatic rings. The van der Waals surface area contributed by atoms with Crippen LogP contribution < -0.4 is 0 Å². The first-order valence-corrected chi connectivity index (χ1v) is 12.8. The second kappa shape index (κ2) is 11.4. The molecule has 11 heteroatoms. The lowest BCUT2D eigenvalue weighted by atomic mass is 9.99. The van der Waals surface area contributed by atoms with Crippen LogP contribution in [0.25, 0.3) is 21.5 Å². The molecule has 0 saturated carbocycles. The van der Waals surface area contributed by atoms with Gasteiger partial charge in [-0.25, -0.2) is 0 Å². The summed E-state index contributed by atoms with van der Waals surface area (Å²) < 4.78 is 34.9. The van der Waals surface area contributed by atoms with Gasteiger partial charge in [0.05, 0.1) is 0 Å². The van der Waals surface area contributed by atoms with E-state index in [1.165, 1.54) is 15.7 Å². The van der Waals surface area contributed by atoms with Crippen LogP contribution in [0, 0.1) is 13.8 Å². The number of hydrogen-bond donors (Lipinski definition) is 2. The van der Waals surface area contributed by atoms with Crippen LogP contribution in [-0.2, 0) is 16.7 Å². The Bertz CT molecular complexity index is 1590. The number of aromatic hydroxyl groups is 1. The van der Waals surface area contributed by atoms with Crippen LogP contribution in [0.15, 0.2) is 69.7 Å². The van der Waals surface area contributed by atoms with Gasteiger partial charge in [0, 0.05) is 17.3 Å². The lowest BCUT2D eigenvalue weighted by Crippen LogP contribution is -2.13. The highest BCUT2D eigenvalue weighted by molar-refractivity contribution is 7.86. The number of phenolic OH excluding ortho intramolecular Hbond substituents is 1. The van der Waals surface area contributed by atoms with Crippen molar-refractivity contribution >= 4 is 59.0 Å². The minimum Gasteiger partial charge on any atom is -0.505 e. The quantitative estimate of drug-likeness (QED) is 0.218. The highest BCUT2D eigenvalue weighted by atomic mass is 32.2. The monoisotopic (exact) mass is 514 g/mol. The third-order valence-corrected chi connectivity index (χ3v) is 6.36. The molecule has 4 aromatic carbocycles. The number of benzene rings is 4. The van der Waals surface area contributed by atoms with Gasteiger partial charge in [-0.05, 0) is 75.1 Å². The molecule has 188 valence electrons. The summed E-state index contributed by atoms with van der Waals surface area (Å²) in [7, 11) is 11.4. The van der Waals surface area contributed by atoms with E-state index in [9.17, 15) is 18.1 Å². The molecule has 37 heavy (non-hydrogen) atoms. The van der Waals surface area contributed by atoms with Crippen molar-refractivity contribution in [2.75, 3.05) is 21.1 Å². The van der Waals surface area contributed by atoms with Gasteiger partial charge in [-0.3, -0.25) is 4.55 Å². The van der Waals surface area contributed by atoms with Gasteiger partial charge in [0.25, 0.3) is 10.1 Å². The van der Waals surface area contributed by atoms with Gasteiger partial charge in [-0.1, -0.05) is 42.0 Å². The average Bonchev–Trinajstić information content (AvgIpc) is 2.76. The van der Waals surface area contributed by atoms with Crippen LogP contribution in [0.5, 0.6) is 5.75 Å². The number of phenols is 1. The predicted octanol–water partition coefficient (Wildman–Crippen LogP) is 5.12. The van der Waals surface area contributed by atoms with Gasteiger partial charge in [0.15, 0.2) is 21.7 Å². The first-order valence-electron chi connectivity index (χ1n) is 11.3. The maximum atomic E-state index is 12.4. The van der Waals surface area contributed by atoms with E-state index < -0.39 is 10.1 Å². The van der Waals surface area contributed by atoms with Crippen molar-refractivity contribution in [3.8, 4) is 5.75 Å². The number of aryl methyl sites for hydroxylation is 2. The zero-order valence-electron chi connectivity index (χ0n) is 21.5. The first-order chi connectivity index (χ1) is 17.3. The Morgan fingerprint density at radius 2 is 1.54 bits per heavy atom. The SMILES string of the molecule is [B]N(C)C.[B]N(C)Cc1cc(C)cc2c(S(=O)(=O)O)c(N=Nc3c(C)cc4ccccc4c3O)ccc12. The molecule has 0 aromatic heterocycles. The van der Waals surface area contributed by atoms with Gasteiger partial charge in [-0.2, -0.15) is 8.42 Å². The van der Waals surface area contributed by atoms with Gasteiger partial charge in [-0.15, -0.1) is 10.2 Å². The highest BCUT2D eigenvalue weighted by Crippen LogP contribution is 2.40. The minimum absolute atomic E-state index is 0.0328. The molecule has 0 bridgehead atoms. The number of azo groups is 1. The van der Waals surface area contributed by atoms with Crippen molar-refractivity contribution in [1.82, 2.24) is 9.62 Å². The maximum Gasteiger partial charge on any atom is 0.297 e. The van der Waals surface area contributed by atoms with Gasteiger partial charge >= 0.3 is 0 Å². The standard InChI is InChI=1S/C24H22BN3O4S.C2H6BN/c1-14-10-17(13-28(3)25)18-8-9-21(24(20(18)11-14)33(30,31)32)26-27-22-15(2)12-16-6-4-5-7-19(16)23(22)29;1-4(2)3/h4-12,29H,13H2,1-3H3,(H,30,31,32);1-2H3. The Labute approximate surface area is 220 Å². The molecule has 0 fully saturated rings. The fourth-order valence-electron chi connectivity index (χ4n) is 4.07. The fourth-order valence-corrected chi connectivity index (χ4v) is 4.89. The van der Waals surface area contributed by atoms with Crippen LogP contribution >= 0.6 is 0 Å². The van der Waals surface area contributed by atoms with Crippen molar-refractivity contribution in [3.63, 3.8) is 0 Å². The Balaban J connectivity index is 0.000000886. The van der Waals surface area contributed by atoms with E-state index in [0.717, 1.165) is 16.5 Å². The fraction of sp³-hybridized carbons (Fsp3) is 0.231. The van der Waals surface area contributed by atoms with Gasteiger partial charge < -0.3 is 14.7 Å². The molecular formula is C26H28B2N4O4S. The van der Waals surface area contributed by atoms with Crippen LogP contribution in [0.2, 0.25) is 0 Å². The zero-order valence-corrected chi connectivity index (χ0v) is 22.3. The van der Waals surface area contributed by atoms with Gasteiger partial charge in [0.2, 0.25) is 0 Å². The van der Waals surface area contributed by atoms with E-state index in [4.69, 9.17) is 16.0 Å². The molecule has 0 saturated heterocycles. The van der Waals surface area contributed by atoms with Crippen LogP contribution in [0.1, 0.15) is 16.7 Å². The second-order valence-corrected chi connectivity index (χ2v) is 10.5. The lowest BCUT2D eigenvalue weighted by Gasteiger charge is -2.16. The molecule has 0 amide bonds. The van der Waals surface area contributed by atoms with E-state index >= 15 is 0 Å². The Morgan fingerprint density at radius 3 is 2.16 bits per heavy atom. The predicted molar refractivity (Wildman–Crippen MR) is 150 cm³/mol. The third-order valence-electron chi connectivity index (χ3n) is 5.42. The Morgan fingerprint density at radius 1 is 0.892 bits per heavy atom.